The van der Waals surface area contributed by atoms with Crippen LogP contribution in [0.5, 0.6) is 0 Å². The monoisotopic (exact) mass is 563 g/mol. The summed E-state index contributed by atoms with van der Waals surface area (Å²) in [7, 11) is 0. The molecule has 4 rings (SSSR count). The summed E-state index contributed by atoms with van der Waals surface area (Å²) >= 11 is 5.98. The van der Waals surface area contributed by atoms with E-state index in [4.69, 9.17) is 16.0 Å². The summed E-state index contributed by atoms with van der Waals surface area (Å²) in [4.78, 5) is 44.4. The average molecular weight is 564 g/mol. The molecule has 0 aliphatic heterocycles. The van der Waals surface area contributed by atoms with Crippen molar-refractivity contribution in [1.29, 1.82) is 0 Å². The normalized spacial score (nSPS) is 12.3. The van der Waals surface area contributed by atoms with Gasteiger partial charge in [0.2, 0.25) is 5.62 Å². The highest BCUT2D eigenvalue weighted by Gasteiger charge is 2.38. The number of hydrogen-bond acceptors (Lipinski definition) is 5. The number of rotatable bonds is 8. The van der Waals surface area contributed by atoms with Crippen LogP contribution in [-0.2, 0) is 24.3 Å². The highest BCUT2D eigenvalue weighted by atomic mass is 35.5. The molecular weight excluding hydrogens is 539 g/mol. The average Bonchev–Trinajstić information content (AvgIpc) is 3.21. The van der Waals surface area contributed by atoms with Crippen molar-refractivity contribution in [3.8, 4) is 0 Å². The van der Waals surface area contributed by atoms with Gasteiger partial charge in [-0.2, -0.15) is 13.2 Å². The molecule has 206 valence electrons. The minimum Gasteiger partial charge on any atom is -0.461 e. The van der Waals surface area contributed by atoms with Crippen LogP contribution in [0.4, 0.5) is 18.9 Å². The molecule has 0 saturated heterocycles. The lowest BCUT2D eigenvalue weighted by Gasteiger charge is -2.12. The molecule has 9 nitrogen and oxygen atoms in total. The first kappa shape index (κ1) is 28.0. The Morgan fingerprint density at radius 1 is 1.13 bits per heavy atom. The summed E-state index contributed by atoms with van der Waals surface area (Å²) in [6.45, 7) is 3.35. The summed E-state index contributed by atoms with van der Waals surface area (Å²) in [5.41, 5.74) is 1.31. The number of amides is 1. The molecule has 0 bridgehead atoms. The fourth-order valence-electron chi connectivity index (χ4n) is 4.08. The number of nitrogens with one attached hydrogen (secondary N) is 2. The van der Waals surface area contributed by atoms with E-state index in [0.29, 0.717) is 21.9 Å². The summed E-state index contributed by atoms with van der Waals surface area (Å²) in [5.74, 6) is -1.24. The molecule has 2 N–H and O–H groups in total. The number of halogens is 4. The smallest absolute Gasteiger partial charge is 0.461 e. The number of aromatic nitrogens is 3. The number of nitrogens with zero attached hydrogens (tertiary/aromatic N) is 3. The van der Waals surface area contributed by atoms with Crippen molar-refractivity contribution >= 4 is 34.2 Å². The van der Waals surface area contributed by atoms with E-state index in [2.05, 4.69) is 9.98 Å². The lowest BCUT2D eigenvalue weighted by Crippen LogP contribution is -2.50. The van der Waals surface area contributed by atoms with E-state index >= 15 is 0 Å². The van der Waals surface area contributed by atoms with Gasteiger partial charge in [-0.15, -0.1) is 0 Å². The Bertz CT molecular complexity index is 1700. The zero-order valence-electron chi connectivity index (χ0n) is 21.1. The van der Waals surface area contributed by atoms with E-state index in [0.717, 1.165) is 27.7 Å². The van der Waals surface area contributed by atoms with Crippen molar-refractivity contribution in [2.75, 3.05) is 6.54 Å². The van der Waals surface area contributed by atoms with Crippen molar-refractivity contribution in [3.05, 3.63) is 91.0 Å². The SMILES string of the molecule is CCc1oc2ccc(/N=c3\[nH]c(=O)n(CCCNC(=O)C(F)(F)F)c(=O)n3Cc3ccc(Cl)cc3)cc2c1C. The van der Waals surface area contributed by atoms with Crippen LogP contribution in [0, 0.1) is 6.92 Å². The van der Waals surface area contributed by atoms with Crippen molar-refractivity contribution < 1.29 is 22.4 Å². The second-order valence-corrected chi connectivity index (χ2v) is 9.24. The number of carbonyl (C=O) groups is 1. The van der Waals surface area contributed by atoms with E-state index in [-0.39, 0.29) is 31.7 Å². The number of aromatic amines is 1. The molecule has 2 aromatic carbocycles. The molecule has 0 atom stereocenters. The topological polar surface area (TPSA) is 114 Å². The minimum atomic E-state index is -5.02. The number of benzene rings is 2. The molecule has 1 amide bonds. The first-order valence-electron chi connectivity index (χ1n) is 12.1. The molecule has 0 radical (unpaired) electrons. The van der Waals surface area contributed by atoms with E-state index in [9.17, 15) is 27.6 Å². The summed E-state index contributed by atoms with van der Waals surface area (Å²) in [6.07, 6.45) is -4.38. The first-order valence-corrected chi connectivity index (χ1v) is 12.5. The Kier molecular flexibility index (Phi) is 8.14. The van der Waals surface area contributed by atoms with Gasteiger partial charge in [0.1, 0.15) is 11.3 Å². The van der Waals surface area contributed by atoms with E-state index in [1.807, 2.05) is 13.8 Å². The maximum atomic E-state index is 13.4. The highest BCUT2D eigenvalue weighted by molar-refractivity contribution is 6.30. The second-order valence-electron chi connectivity index (χ2n) is 8.80. The number of H-pyrrole nitrogens is 1. The molecule has 0 fully saturated rings. The zero-order valence-corrected chi connectivity index (χ0v) is 21.8. The minimum absolute atomic E-state index is 0.0159. The van der Waals surface area contributed by atoms with Crippen LogP contribution < -0.4 is 22.3 Å². The van der Waals surface area contributed by atoms with Gasteiger partial charge in [0.25, 0.3) is 0 Å². The van der Waals surface area contributed by atoms with Crippen LogP contribution in [0.15, 0.2) is 61.5 Å². The highest BCUT2D eigenvalue weighted by Crippen LogP contribution is 2.29. The van der Waals surface area contributed by atoms with Crippen LogP contribution in [-0.4, -0.2) is 32.7 Å². The van der Waals surface area contributed by atoms with Crippen LogP contribution in [0.2, 0.25) is 5.02 Å². The molecule has 0 spiro atoms. The van der Waals surface area contributed by atoms with Crippen LogP contribution in [0.25, 0.3) is 11.0 Å². The molecule has 2 heterocycles. The molecule has 0 unspecified atom stereocenters. The maximum Gasteiger partial charge on any atom is 0.471 e. The van der Waals surface area contributed by atoms with Gasteiger partial charge in [0.15, 0.2) is 0 Å². The molecule has 0 saturated carbocycles. The van der Waals surface area contributed by atoms with Crippen LogP contribution >= 0.6 is 11.6 Å². The fourth-order valence-corrected chi connectivity index (χ4v) is 4.21. The van der Waals surface area contributed by atoms with Crippen LogP contribution in [0.3, 0.4) is 0 Å². The quantitative estimate of drug-likeness (QED) is 0.316. The molecule has 4 aromatic rings. The van der Waals surface area contributed by atoms with Crippen molar-refractivity contribution in [2.45, 2.75) is 46.0 Å². The van der Waals surface area contributed by atoms with Gasteiger partial charge in [-0.3, -0.25) is 14.3 Å². The van der Waals surface area contributed by atoms with E-state index in [1.54, 1.807) is 47.8 Å². The van der Waals surface area contributed by atoms with Gasteiger partial charge in [-0.05, 0) is 54.8 Å². The number of carbonyl (C=O) groups excluding carboxylic acids is 1. The van der Waals surface area contributed by atoms with Crippen molar-refractivity contribution in [3.63, 3.8) is 0 Å². The Morgan fingerprint density at radius 2 is 1.85 bits per heavy atom. The van der Waals surface area contributed by atoms with E-state index < -0.39 is 23.5 Å². The number of aryl methyl sites for hydroxylation is 2. The van der Waals surface area contributed by atoms with Gasteiger partial charge < -0.3 is 9.73 Å². The predicted octanol–water partition coefficient (Wildman–Crippen LogP) is 3.96. The third-order valence-electron chi connectivity index (χ3n) is 6.11. The third kappa shape index (κ3) is 6.33. The fraction of sp³-hybridized carbons (Fsp3) is 0.308. The van der Waals surface area contributed by atoms with Gasteiger partial charge in [-0.1, -0.05) is 30.7 Å². The summed E-state index contributed by atoms with van der Waals surface area (Å²) < 4.78 is 45.2. The number of alkyl halides is 3. The number of hydrogen-bond donors (Lipinski definition) is 2. The molecule has 39 heavy (non-hydrogen) atoms. The molecule has 0 aliphatic carbocycles. The first-order chi connectivity index (χ1) is 18.5. The number of furan rings is 1. The molecule has 2 aromatic heterocycles. The zero-order chi connectivity index (χ0) is 28.3. The van der Waals surface area contributed by atoms with E-state index in [1.165, 1.54) is 4.57 Å². The van der Waals surface area contributed by atoms with Gasteiger partial charge >= 0.3 is 23.5 Å². The summed E-state index contributed by atoms with van der Waals surface area (Å²) in [5, 5.41) is 3.08. The second kappa shape index (κ2) is 11.4. The van der Waals surface area contributed by atoms with Gasteiger partial charge in [-0.25, -0.2) is 19.1 Å². The van der Waals surface area contributed by atoms with Gasteiger partial charge in [0, 0.05) is 29.9 Å². The molecular formula is C26H25ClF3N5O4. The third-order valence-corrected chi connectivity index (χ3v) is 6.36. The Hall–Kier alpha value is -4.06. The summed E-state index contributed by atoms with van der Waals surface area (Å²) in [6, 6.07) is 12.0. The predicted molar refractivity (Wildman–Crippen MR) is 139 cm³/mol. The molecule has 13 heteroatoms. The van der Waals surface area contributed by atoms with Crippen LogP contribution in [0.1, 0.15) is 30.2 Å². The van der Waals surface area contributed by atoms with Crippen molar-refractivity contribution in [2.24, 2.45) is 4.99 Å². The maximum absolute atomic E-state index is 13.4. The van der Waals surface area contributed by atoms with Gasteiger partial charge in [0.05, 0.1) is 12.2 Å². The number of fused-ring (bicyclic) bond motifs is 1. The Labute approximate surface area is 224 Å². The standard InChI is InChI=1S/C26H25ClF3N5O4/c1-3-20-15(2)19-13-18(9-10-21(19)39-20)32-23-33-24(37)34(12-4-11-31-22(36)26(28,29)30)25(38)35(23)14-16-5-7-17(27)8-6-16/h5-10,13H,3-4,11-12,14H2,1-2H3,(H,31,36)(H,32,33,37). The van der Waals surface area contributed by atoms with Crippen molar-refractivity contribution in [1.82, 2.24) is 19.4 Å². The lowest BCUT2D eigenvalue weighted by atomic mass is 10.1. The molecule has 0 aliphatic rings. The Balaban J connectivity index is 1.74. The Morgan fingerprint density at radius 3 is 2.51 bits per heavy atom. The lowest BCUT2D eigenvalue weighted by molar-refractivity contribution is -0.173. The largest absolute Gasteiger partial charge is 0.471 e.